The number of carbonyl (C=O) groups is 2. The summed E-state index contributed by atoms with van der Waals surface area (Å²) in [7, 11) is 0. The Bertz CT molecular complexity index is 1690. The molecule has 3 heterocycles. The van der Waals surface area contributed by atoms with Gasteiger partial charge in [0.05, 0.1) is 29.8 Å². The van der Waals surface area contributed by atoms with Crippen molar-refractivity contribution in [3.8, 4) is 0 Å². The van der Waals surface area contributed by atoms with Crippen molar-refractivity contribution in [3.05, 3.63) is 110 Å². The molecule has 0 bridgehead atoms. The molecule has 4 aromatic rings. The van der Waals surface area contributed by atoms with E-state index < -0.39 is 35.2 Å². The molecule has 6 rings (SSSR count). The third kappa shape index (κ3) is 2.99. The summed E-state index contributed by atoms with van der Waals surface area (Å²) < 4.78 is 20.7. The maximum absolute atomic E-state index is 14.6. The van der Waals surface area contributed by atoms with Gasteiger partial charge >= 0.3 is 0 Å². The molecule has 186 valence electrons. The Hall–Kier alpha value is -4.30. The van der Waals surface area contributed by atoms with E-state index in [4.69, 9.17) is 4.42 Å². The summed E-state index contributed by atoms with van der Waals surface area (Å²) in [5.74, 6) is -1.92. The number of carbonyl (C=O) groups excluding carboxylic acids is 2. The van der Waals surface area contributed by atoms with Gasteiger partial charge in [-0.25, -0.2) is 4.39 Å². The van der Waals surface area contributed by atoms with Crippen LogP contribution >= 0.6 is 0 Å². The van der Waals surface area contributed by atoms with Crippen LogP contribution < -0.4 is 10.3 Å². The fourth-order valence-electron chi connectivity index (χ4n) is 5.60. The molecule has 1 aromatic heterocycles. The molecule has 1 atom stereocenters. The van der Waals surface area contributed by atoms with Gasteiger partial charge in [-0.3, -0.25) is 14.4 Å². The molecule has 0 saturated heterocycles. The number of nitrogens with zero attached hydrogens (tertiary/aromatic N) is 2. The third-order valence-corrected chi connectivity index (χ3v) is 7.46. The number of fused-ring (bicyclic) bond motifs is 5. The third-order valence-electron chi connectivity index (χ3n) is 7.46. The Balaban J connectivity index is 1.67. The normalized spacial score (nSPS) is 18.3. The number of hydrogen-bond donors (Lipinski definition) is 1. The van der Waals surface area contributed by atoms with Crippen molar-refractivity contribution in [3.63, 3.8) is 0 Å². The minimum absolute atomic E-state index is 0.0739. The van der Waals surface area contributed by atoms with Gasteiger partial charge in [0.1, 0.15) is 11.4 Å². The van der Waals surface area contributed by atoms with E-state index in [0.717, 1.165) is 11.1 Å². The molecule has 0 saturated carbocycles. The summed E-state index contributed by atoms with van der Waals surface area (Å²) in [6.45, 7) is 3.01. The zero-order valence-corrected chi connectivity index (χ0v) is 20.2. The molecule has 37 heavy (non-hydrogen) atoms. The summed E-state index contributed by atoms with van der Waals surface area (Å²) in [5.41, 5.74) is 0.766. The molecule has 1 N–H and O–H groups in total. The molecule has 2 aliphatic heterocycles. The van der Waals surface area contributed by atoms with Gasteiger partial charge in [-0.2, -0.15) is 0 Å². The maximum Gasteiger partial charge on any atom is 0.291 e. The van der Waals surface area contributed by atoms with E-state index in [1.807, 2.05) is 13.8 Å². The molecule has 2 amide bonds. The average Bonchev–Trinajstić information content (AvgIpc) is 3.27. The van der Waals surface area contributed by atoms with E-state index in [2.05, 4.69) is 0 Å². The van der Waals surface area contributed by atoms with Gasteiger partial charge in [0.15, 0.2) is 11.0 Å². The molecule has 1 spiro atoms. The summed E-state index contributed by atoms with van der Waals surface area (Å²) in [5, 5.41) is 10.2. The van der Waals surface area contributed by atoms with E-state index in [1.165, 1.54) is 15.9 Å². The van der Waals surface area contributed by atoms with Crippen molar-refractivity contribution in [2.45, 2.75) is 25.9 Å². The second kappa shape index (κ2) is 8.11. The zero-order valence-electron chi connectivity index (χ0n) is 20.2. The van der Waals surface area contributed by atoms with Gasteiger partial charge in [0.25, 0.3) is 11.8 Å². The molecule has 0 fully saturated rings. The second-order valence-corrected chi connectivity index (χ2v) is 9.46. The minimum atomic E-state index is -1.84. The highest BCUT2D eigenvalue weighted by Gasteiger charge is 2.64. The van der Waals surface area contributed by atoms with Crippen molar-refractivity contribution in [2.24, 2.45) is 0 Å². The Kier molecular flexibility index (Phi) is 5.07. The molecule has 3 aromatic carbocycles. The number of halogens is 1. The number of aliphatic hydroxyl groups is 1. The van der Waals surface area contributed by atoms with Crippen molar-refractivity contribution < 1.29 is 23.5 Å². The monoisotopic (exact) mass is 498 g/mol. The summed E-state index contributed by atoms with van der Waals surface area (Å²) in [4.78, 5) is 44.9. The van der Waals surface area contributed by atoms with Crippen LogP contribution in [0.4, 0.5) is 10.1 Å². The van der Waals surface area contributed by atoms with Crippen molar-refractivity contribution in [1.82, 2.24) is 4.90 Å². The van der Waals surface area contributed by atoms with Gasteiger partial charge in [0.2, 0.25) is 5.76 Å². The first kappa shape index (κ1) is 23.1. The number of aliphatic hydroxyl groups excluding tert-OH is 1. The maximum atomic E-state index is 14.6. The van der Waals surface area contributed by atoms with Crippen LogP contribution in [0.1, 0.15) is 38.4 Å². The largest absolute Gasteiger partial charge is 0.450 e. The molecule has 2 aliphatic rings. The Morgan fingerprint density at radius 1 is 0.973 bits per heavy atom. The smallest absolute Gasteiger partial charge is 0.291 e. The standard InChI is InChI=1S/C29H23FN2O5/c1-16-13-19-23(14-17(16)2)37-26-24(25(19)34)29(32(11-12-33)27(26)35)20-8-4-6-10-22(20)31(28(29)36)15-18-7-3-5-9-21(18)30/h3-10,13-14,33H,11-12,15H2,1-2H3. The molecule has 7 nitrogen and oxygen atoms in total. The Morgan fingerprint density at radius 3 is 2.43 bits per heavy atom. The van der Waals surface area contributed by atoms with E-state index >= 15 is 0 Å². The fraction of sp³-hybridized carbons (Fsp3) is 0.207. The minimum Gasteiger partial charge on any atom is -0.450 e. The highest BCUT2D eigenvalue weighted by molar-refractivity contribution is 6.17. The molecule has 1 unspecified atom stereocenters. The van der Waals surface area contributed by atoms with E-state index in [0.29, 0.717) is 11.3 Å². The van der Waals surface area contributed by atoms with Crippen LogP contribution in [0.2, 0.25) is 0 Å². The van der Waals surface area contributed by atoms with Gasteiger partial charge in [0, 0.05) is 17.7 Å². The summed E-state index contributed by atoms with van der Waals surface area (Å²) in [6.07, 6.45) is 0. The van der Waals surface area contributed by atoms with Gasteiger partial charge in [-0.05, 0) is 49.2 Å². The molecular weight excluding hydrogens is 475 g/mol. The zero-order chi connectivity index (χ0) is 26.1. The number of rotatable bonds is 4. The molecule has 8 heteroatoms. The topological polar surface area (TPSA) is 91.1 Å². The highest BCUT2D eigenvalue weighted by atomic mass is 19.1. The quantitative estimate of drug-likeness (QED) is 0.462. The second-order valence-electron chi connectivity index (χ2n) is 9.46. The first-order valence-corrected chi connectivity index (χ1v) is 12.0. The van der Waals surface area contributed by atoms with E-state index in [1.54, 1.807) is 54.6 Å². The first-order chi connectivity index (χ1) is 17.8. The van der Waals surface area contributed by atoms with E-state index in [9.17, 15) is 23.9 Å². The van der Waals surface area contributed by atoms with Gasteiger partial charge < -0.3 is 19.3 Å². The lowest BCUT2D eigenvalue weighted by Gasteiger charge is -2.33. The Labute approximate surface area is 211 Å². The summed E-state index contributed by atoms with van der Waals surface area (Å²) >= 11 is 0. The lowest BCUT2D eigenvalue weighted by molar-refractivity contribution is -0.126. The van der Waals surface area contributed by atoms with Gasteiger partial charge in [-0.1, -0.05) is 36.4 Å². The number of amides is 2. The molecule has 0 radical (unpaired) electrons. The van der Waals surface area contributed by atoms with Crippen LogP contribution in [0.15, 0.2) is 69.9 Å². The van der Waals surface area contributed by atoms with Crippen LogP contribution in [0.25, 0.3) is 11.0 Å². The van der Waals surface area contributed by atoms with E-state index in [-0.39, 0.29) is 40.9 Å². The van der Waals surface area contributed by atoms with Crippen LogP contribution in [0.3, 0.4) is 0 Å². The van der Waals surface area contributed by atoms with Crippen molar-refractivity contribution >= 4 is 28.5 Å². The fourth-order valence-corrected chi connectivity index (χ4v) is 5.60. The Morgan fingerprint density at radius 2 is 1.68 bits per heavy atom. The SMILES string of the molecule is Cc1cc2oc3c(c(=O)c2cc1C)C1(C(=O)N(Cc2ccccc2F)c2ccccc21)N(CCO)C3=O. The first-order valence-electron chi connectivity index (χ1n) is 12.0. The highest BCUT2D eigenvalue weighted by Crippen LogP contribution is 2.52. The van der Waals surface area contributed by atoms with Crippen LogP contribution in [-0.4, -0.2) is 35.0 Å². The lowest BCUT2D eigenvalue weighted by atomic mass is 9.84. The lowest BCUT2D eigenvalue weighted by Crippen LogP contribution is -2.54. The molecule has 0 aliphatic carbocycles. The number of hydrogen-bond acceptors (Lipinski definition) is 5. The number of β-amino-alcohol motifs (C(OH)–C–C–N with tert-alkyl or cyclic N) is 1. The van der Waals surface area contributed by atoms with Crippen LogP contribution in [-0.2, 0) is 16.9 Å². The number of para-hydroxylation sites is 1. The average molecular weight is 499 g/mol. The predicted molar refractivity (Wildman–Crippen MR) is 135 cm³/mol. The van der Waals surface area contributed by atoms with Crippen LogP contribution in [0.5, 0.6) is 0 Å². The number of aryl methyl sites for hydroxylation is 2. The summed E-state index contributed by atoms with van der Waals surface area (Å²) in [6, 6.07) is 16.4. The predicted octanol–water partition coefficient (Wildman–Crippen LogP) is 3.79. The van der Waals surface area contributed by atoms with Gasteiger partial charge in [-0.15, -0.1) is 0 Å². The van der Waals surface area contributed by atoms with Crippen LogP contribution in [0, 0.1) is 19.7 Å². The van der Waals surface area contributed by atoms with Crippen molar-refractivity contribution in [2.75, 3.05) is 18.1 Å². The van der Waals surface area contributed by atoms with Crippen molar-refractivity contribution in [1.29, 1.82) is 0 Å². The molecular formula is C29H23FN2O5. The number of anilines is 1. The number of benzene rings is 3.